The largest absolute Gasteiger partial charge is 0.327 e. The lowest BCUT2D eigenvalue weighted by Crippen LogP contribution is -2.33. The molecule has 0 radical (unpaired) electrons. The highest BCUT2D eigenvalue weighted by atomic mass is 32.2. The Morgan fingerprint density at radius 2 is 2.10 bits per heavy atom. The lowest BCUT2D eigenvalue weighted by Gasteiger charge is -2.15. The van der Waals surface area contributed by atoms with Gasteiger partial charge in [0.1, 0.15) is 4.90 Å². The van der Waals surface area contributed by atoms with Crippen LogP contribution in [0.2, 0.25) is 0 Å². The van der Waals surface area contributed by atoms with Crippen LogP contribution in [0, 0.1) is 10.1 Å². The van der Waals surface area contributed by atoms with Crippen molar-refractivity contribution in [1.82, 2.24) is 4.31 Å². The van der Waals surface area contributed by atoms with E-state index >= 15 is 0 Å². The number of non-ortho nitro benzene ring substituents is 1. The number of nitro benzene ring substituents is 1. The molecular weight excluding hydrogens is 286 g/mol. The average molecular weight is 297 g/mol. The summed E-state index contributed by atoms with van der Waals surface area (Å²) in [5.74, 6) is -0.732. The van der Waals surface area contributed by atoms with Crippen molar-refractivity contribution in [2.45, 2.75) is 4.90 Å². The van der Waals surface area contributed by atoms with Gasteiger partial charge < -0.3 is 5.73 Å². The van der Waals surface area contributed by atoms with Crippen LogP contribution < -0.4 is 5.73 Å². The highest BCUT2D eigenvalue weighted by molar-refractivity contribution is 7.90. The number of carbonyl (C=O) groups excluding carboxylic acids is 1. The molecule has 106 valence electrons. The molecule has 1 amide bonds. The number of carbonyl (C=O) groups is 1. The number of nitrogens with two attached hydrogens (primary N) is 1. The van der Waals surface area contributed by atoms with Crippen molar-refractivity contribution in [3.8, 4) is 0 Å². The molecule has 1 heterocycles. The van der Waals surface area contributed by atoms with Crippen LogP contribution in [0.5, 0.6) is 0 Å². The smallest absolute Gasteiger partial charge is 0.270 e. The Hall–Kier alpha value is -2.26. The molecule has 0 saturated heterocycles. The van der Waals surface area contributed by atoms with Crippen molar-refractivity contribution in [1.29, 1.82) is 0 Å². The van der Waals surface area contributed by atoms with Crippen LogP contribution >= 0.6 is 0 Å². The van der Waals surface area contributed by atoms with Gasteiger partial charge in [0, 0.05) is 18.7 Å². The quantitative estimate of drug-likeness (QED) is 0.483. The van der Waals surface area contributed by atoms with Gasteiger partial charge in [-0.15, -0.1) is 0 Å². The van der Waals surface area contributed by atoms with Crippen LogP contribution in [0.15, 0.2) is 35.2 Å². The summed E-state index contributed by atoms with van der Waals surface area (Å²) in [4.78, 5) is 21.6. The van der Waals surface area contributed by atoms with E-state index < -0.39 is 20.9 Å². The minimum absolute atomic E-state index is 0.0375. The van der Waals surface area contributed by atoms with Crippen molar-refractivity contribution in [2.24, 2.45) is 5.73 Å². The monoisotopic (exact) mass is 297 g/mol. The third-order valence-electron chi connectivity index (χ3n) is 2.86. The zero-order chi connectivity index (χ0) is 15.1. The first-order chi connectivity index (χ1) is 9.28. The van der Waals surface area contributed by atoms with E-state index in [0.29, 0.717) is 9.88 Å². The van der Waals surface area contributed by atoms with E-state index in [4.69, 9.17) is 5.73 Å². The molecule has 0 unspecified atom stereocenters. The normalized spacial score (nSPS) is 16.1. The molecule has 1 aliphatic rings. The third-order valence-corrected chi connectivity index (χ3v) is 4.63. The number of sulfonamides is 1. The topological polar surface area (TPSA) is 124 Å². The fourth-order valence-electron chi connectivity index (χ4n) is 1.80. The zero-order valence-corrected chi connectivity index (χ0v) is 11.1. The fraction of sp³-hybridized carbons (Fsp3) is 0.182. The Morgan fingerprint density at radius 3 is 2.65 bits per heavy atom. The van der Waals surface area contributed by atoms with E-state index in [9.17, 15) is 23.3 Å². The zero-order valence-electron chi connectivity index (χ0n) is 10.3. The third kappa shape index (κ3) is 2.06. The fourth-order valence-corrected chi connectivity index (χ4v) is 3.41. The Morgan fingerprint density at radius 1 is 1.45 bits per heavy atom. The van der Waals surface area contributed by atoms with E-state index in [2.05, 4.69) is 6.58 Å². The molecule has 0 atom stereocenters. The van der Waals surface area contributed by atoms with Gasteiger partial charge in [-0.25, -0.2) is 12.7 Å². The van der Waals surface area contributed by atoms with Crippen LogP contribution in [0.25, 0.3) is 0 Å². The second-order valence-corrected chi connectivity index (χ2v) is 6.04. The van der Waals surface area contributed by atoms with Gasteiger partial charge >= 0.3 is 0 Å². The maximum absolute atomic E-state index is 12.2. The van der Waals surface area contributed by atoms with E-state index in [1.807, 2.05) is 0 Å². The minimum Gasteiger partial charge on any atom is -0.327 e. The molecule has 0 saturated carbocycles. The van der Waals surface area contributed by atoms with Crippen LogP contribution in [0.4, 0.5) is 5.69 Å². The number of fused-ring (bicyclic) bond motifs is 1. The lowest BCUT2D eigenvalue weighted by atomic mass is 10.2. The Labute approximate surface area is 114 Å². The number of amides is 1. The summed E-state index contributed by atoms with van der Waals surface area (Å²) >= 11 is 0. The molecule has 0 aromatic heterocycles. The number of rotatable bonds is 4. The van der Waals surface area contributed by atoms with Crippen molar-refractivity contribution in [3.05, 3.63) is 46.0 Å². The standard InChI is InChI=1S/C11H11N3O5S/c1-7(5-12)6-13-11(15)9-3-2-8(14(16)17)4-10(9)20(13,18)19/h2-4H,1,5-6,12H2. The second-order valence-electron chi connectivity index (χ2n) is 4.21. The SMILES string of the molecule is C=C(CN)CN1C(=O)c2ccc([N+](=O)[O-])cc2S1(=O)=O. The number of hydrogen-bond donors (Lipinski definition) is 1. The molecule has 1 aromatic carbocycles. The van der Waals surface area contributed by atoms with E-state index in [-0.39, 0.29) is 29.2 Å². The Balaban J connectivity index is 2.53. The maximum atomic E-state index is 12.2. The van der Waals surface area contributed by atoms with Gasteiger partial charge in [-0.3, -0.25) is 14.9 Å². The van der Waals surface area contributed by atoms with Gasteiger partial charge in [-0.05, 0) is 11.6 Å². The van der Waals surface area contributed by atoms with Crippen molar-refractivity contribution in [3.63, 3.8) is 0 Å². The van der Waals surface area contributed by atoms with E-state index in [0.717, 1.165) is 18.2 Å². The minimum atomic E-state index is -4.09. The molecule has 8 nitrogen and oxygen atoms in total. The molecule has 0 bridgehead atoms. The van der Waals surface area contributed by atoms with E-state index in [1.54, 1.807) is 0 Å². The van der Waals surface area contributed by atoms with Gasteiger partial charge in [0.15, 0.2) is 0 Å². The molecule has 0 fully saturated rings. The van der Waals surface area contributed by atoms with Gasteiger partial charge in [0.2, 0.25) is 0 Å². The summed E-state index contributed by atoms with van der Waals surface area (Å²) < 4.78 is 25.1. The molecule has 1 aromatic rings. The van der Waals surface area contributed by atoms with Crippen molar-refractivity contribution < 1.29 is 18.1 Å². The Bertz CT molecular complexity index is 726. The summed E-state index contributed by atoms with van der Waals surface area (Å²) in [7, 11) is -4.09. The number of benzene rings is 1. The van der Waals surface area contributed by atoms with Crippen molar-refractivity contribution in [2.75, 3.05) is 13.1 Å². The van der Waals surface area contributed by atoms with Crippen LogP contribution in [-0.4, -0.2) is 36.6 Å². The Kier molecular flexibility index (Phi) is 3.32. The highest BCUT2D eigenvalue weighted by Gasteiger charge is 2.42. The summed E-state index contributed by atoms with van der Waals surface area (Å²) in [6.07, 6.45) is 0. The molecule has 9 heteroatoms. The molecule has 1 aliphatic heterocycles. The summed E-state index contributed by atoms with van der Waals surface area (Å²) in [6.45, 7) is 3.36. The van der Waals surface area contributed by atoms with Gasteiger partial charge in [0.05, 0.1) is 17.0 Å². The number of nitrogens with zero attached hydrogens (tertiary/aromatic N) is 2. The first-order valence-corrected chi connectivity index (χ1v) is 6.95. The summed E-state index contributed by atoms with van der Waals surface area (Å²) in [5.41, 5.74) is 5.22. The van der Waals surface area contributed by atoms with Gasteiger partial charge in [-0.1, -0.05) is 6.58 Å². The van der Waals surface area contributed by atoms with Crippen LogP contribution in [0.1, 0.15) is 10.4 Å². The second kappa shape index (κ2) is 4.69. The average Bonchev–Trinajstić information content (AvgIpc) is 2.59. The first-order valence-electron chi connectivity index (χ1n) is 5.51. The number of nitro groups is 1. The van der Waals surface area contributed by atoms with E-state index in [1.165, 1.54) is 0 Å². The molecule has 0 spiro atoms. The van der Waals surface area contributed by atoms with Crippen molar-refractivity contribution >= 4 is 21.6 Å². The van der Waals surface area contributed by atoms with Crippen LogP contribution in [-0.2, 0) is 10.0 Å². The molecular formula is C11H11N3O5S. The summed E-state index contributed by atoms with van der Waals surface area (Å²) in [6, 6.07) is 3.11. The maximum Gasteiger partial charge on any atom is 0.270 e. The molecule has 0 aliphatic carbocycles. The predicted molar refractivity (Wildman–Crippen MR) is 69.5 cm³/mol. The van der Waals surface area contributed by atoms with Gasteiger partial charge in [-0.2, -0.15) is 0 Å². The highest BCUT2D eigenvalue weighted by Crippen LogP contribution is 2.33. The summed E-state index contributed by atoms with van der Waals surface area (Å²) in [5, 5.41) is 10.7. The number of hydrogen-bond acceptors (Lipinski definition) is 6. The van der Waals surface area contributed by atoms with Gasteiger partial charge in [0.25, 0.3) is 21.6 Å². The molecule has 20 heavy (non-hydrogen) atoms. The predicted octanol–water partition coefficient (Wildman–Crippen LogP) is 0.254. The molecule has 2 N–H and O–H groups in total. The van der Waals surface area contributed by atoms with Crippen LogP contribution in [0.3, 0.4) is 0 Å². The lowest BCUT2D eigenvalue weighted by molar-refractivity contribution is -0.385. The molecule has 2 rings (SSSR count). The first kappa shape index (κ1) is 14.2.